The molecule has 0 aliphatic rings. The maximum atomic E-state index is 12.3. The maximum Gasteiger partial charge on any atom is 0.312 e. The molecule has 0 aromatic carbocycles. The minimum absolute atomic E-state index is 0.00830. The van der Waals surface area contributed by atoms with Gasteiger partial charge >= 0.3 is 6.03 Å². The molecule has 128 valence electrons. The van der Waals surface area contributed by atoms with Gasteiger partial charge in [0.2, 0.25) is 5.91 Å². The van der Waals surface area contributed by atoms with Gasteiger partial charge in [0.05, 0.1) is 12.1 Å². The van der Waals surface area contributed by atoms with Crippen LogP contribution in [0, 0.1) is 11.8 Å². The van der Waals surface area contributed by atoms with E-state index in [-0.39, 0.29) is 29.6 Å². The zero-order valence-corrected chi connectivity index (χ0v) is 14.2. The number of nitrogens with one attached hydrogen (secondary N) is 3. The zero-order chi connectivity index (χ0) is 17.3. The van der Waals surface area contributed by atoms with Crippen molar-refractivity contribution >= 4 is 17.7 Å². The fourth-order valence-corrected chi connectivity index (χ4v) is 2.23. The van der Waals surface area contributed by atoms with Crippen molar-refractivity contribution in [2.24, 2.45) is 17.6 Å². The molecule has 7 nitrogen and oxygen atoms in total. The van der Waals surface area contributed by atoms with Gasteiger partial charge in [-0.05, 0) is 25.8 Å². The van der Waals surface area contributed by atoms with Crippen LogP contribution in [0.4, 0.5) is 4.79 Å². The van der Waals surface area contributed by atoms with E-state index in [1.807, 2.05) is 13.8 Å². The van der Waals surface area contributed by atoms with Gasteiger partial charge in [-0.2, -0.15) is 0 Å². The summed E-state index contributed by atoms with van der Waals surface area (Å²) in [5.74, 6) is -0.233. The van der Waals surface area contributed by atoms with Crippen molar-refractivity contribution in [3.63, 3.8) is 0 Å². The number of hydrogen-bond donors (Lipinski definition) is 4. The maximum absolute atomic E-state index is 12.3. The van der Waals surface area contributed by atoms with Crippen molar-refractivity contribution in [3.05, 3.63) is 0 Å². The molecule has 3 amide bonds. The third-order valence-electron chi connectivity index (χ3n) is 3.46. The Morgan fingerprint density at radius 1 is 1.09 bits per heavy atom. The van der Waals surface area contributed by atoms with Crippen LogP contribution < -0.4 is 21.7 Å². The SMILES string of the molecule is CN[C@@H](C(=O)N[C@H](CCCNC(N)=O)C(=O)C(C)C)C(C)C. The molecule has 7 heteroatoms. The lowest BCUT2D eigenvalue weighted by Crippen LogP contribution is -2.52. The molecule has 0 unspecified atom stereocenters. The molecule has 2 atom stereocenters. The van der Waals surface area contributed by atoms with Crippen LogP contribution in [0.15, 0.2) is 0 Å². The van der Waals surface area contributed by atoms with Crippen LogP contribution in [-0.2, 0) is 9.59 Å². The number of likely N-dealkylation sites (N-methyl/N-ethyl adjacent to an activating group) is 1. The van der Waals surface area contributed by atoms with Gasteiger partial charge in [-0.25, -0.2) is 4.79 Å². The largest absolute Gasteiger partial charge is 0.352 e. The molecular formula is C15H30N4O3. The summed E-state index contributed by atoms with van der Waals surface area (Å²) >= 11 is 0. The Morgan fingerprint density at radius 3 is 2.09 bits per heavy atom. The first-order chi connectivity index (χ1) is 10.2. The Morgan fingerprint density at radius 2 is 1.68 bits per heavy atom. The van der Waals surface area contributed by atoms with E-state index in [4.69, 9.17) is 5.73 Å². The average molecular weight is 314 g/mol. The molecular weight excluding hydrogens is 284 g/mol. The lowest BCUT2D eigenvalue weighted by molar-refractivity contribution is -0.131. The first-order valence-electron chi connectivity index (χ1n) is 7.75. The summed E-state index contributed by atoms with van der Waals surface area (Å²) in [5, 5.41) is 8.26. The molecule has 0 radical (unpaired) electrons. The number of Topliss-reactive ketones (excluding diaryl/α,β-unsaturated/α-hetero) is 1. The molecule has 0 heterocycles. The summed E-state index contributed by atoms with van der Waals surface area (Å²) < 4.78 is 0. The van der Waals surface area contributed by atoms with E-state index in [9.17, 15) is 14.4 Å². The summed E-state index contributed by atoms with van der Waals surface area (Å²) in [5.41, 5.74) is 4.99. The minimum atomic E-state index is -0.592. The molecule has 22 heavy (non-hydrogen) atoms. The van der Waals surface area contributed by atoms with Gasteiger partial charge in [-0.3, -0.25) is 9.59 Å². The van der Waals surface area contributed by atoms with Crippen molar-refractivity contribution in [2.45, 2.75) is 52.6 Å². The molecule has 5 N–H and O–H groups in total. The second-order valence-electron chi connectivity index (χ2n) is 6.06. The molecule has 0 aliphatic heterocycles. The van der Waals surface area contributed by atoms with E-state index in [2.05, 4.69) is 16.0 Å². The van der Waals surface area contributed by atoms with Gasteiger partial charge in [0.15, 0.2) is 5.78 Å². The number of carbonyl (C=O) groups excluding carboxylic acids is 3. The molecule has 0 aromatic heterocycles. The number of urea groups is 1. The average Bonchev–Trinajstić information content (AvgIpc) is 2.41. The third kappa shape index (κ3) is 7.40. The van der Waals surface area contributed by atoms with Gasteiger partial charge in [0.1, 0.15) is 0 Å². The van der Waals surface area contributed by atoms with E-state index >= 15 is 0 Å². The van der Waals surface area contributed by atoms with Crippen molar-refractivity contribution in [1.82, 2.24) is 16.0 Å². The van der Waals surface area contributed by atoms with Gasteiger partial charge < -0.3 is 21.7 Å². The number of hydrogen-bond acceptors (Lipinski definition) is 4. The number of rotatable bonds is 10. The van der Waals surface area contributed by atoms with Crippen LogP contribution in [0.25, 0.3) is 0 Å². The molecule has 0 aromatic rings. The van der Waals surface area contributed by atoms with Gasteiger partial charge in [0.25, 0.3) is 0 Å². The van der Waals surface area contributed by atoms with E-state index in [0.717, 1.165) is 0 Å². The Labute approximate surface area is 132 Å². The first kappa shape index (κ1) is 20.4. The summed E-state index contributed by atoms with van der Waals surface area (Å²) in [7, 11) is 1.72. The summed E-state index contributed by atoms with van der Waals surface area (Å²) in [6.45, 7) is 7.88. The van der Waals surface area contributed by atoms with Crippen molar-refractivity contribution in [1.29, 1.82) is 0 Å². The standard InChI is InChI=1S/C15H30N4O3/c1-9(2)12(17-5)14(21)19-11(13(20)10(3)4)7-6-8-18-15(16)22/h9-12,17H,6-8H2,1-5H3,(H,19,21)(H3,16,18,22)/t11-,12-/m1/s1. The molecule has 0 saturated carbocycles. The second kappa shape index (κ2) is 10.2. The molecule has 0 rings (SSSR count). The molecule has 0 aliphatic carbocycles. The van der Waals surface area contributed by atoms with E-state index in [0.29, 0.717) is 19.4 Å². The monoisotopic (exact) mass is 314 g/mol. The quantitative estimate of drug-likeness (QED) is 0.437. The highest BCUT2D eigenvalue weighted by atomic mass is 16.2. The van der Waals surface area contributed by atoms with Crippen LogP contribution in [0.2, 0.25) is 0 Å². The lowest BCUT2D eigenvalue weighted by atomic mass is 9.96. The van der Waals surface area contributed by atoms with Crippen molar-refractivity contribution in [3.8, 4) is 0 Å². The Balaban J connectivity index is 4.69. The van der Waals surface area contributed by atoms with Gasteiger partial charge in [-0.15, -0.1) is 0 Å². The lowest BCUT2D eigenvalue weighted by Gasteiger charge is -2.25. The number of ketones is 1. The Hall–Kier alpha value is -1.63. The Bertz CT molecular complexity index is 383. The van der Waals surface area contributed by atoms with Crippen molar-refractivity contribution < 1.29 is 14.4 Å². The highest BCUT2D eigenvalue weighted by Crippen LogP contribution is 2.08. The predicted octanol–water partition coefficient (Wildman–Crippen LogP) is 0.389. The summed E-state index contributed by atoms with van der Waals surface area (Å²) in [4.78, 5) is 35.2. The zero-order valence-electron chi connectivity index (χ0n) is 14.2. The van der Waals surface area contributed by atoms with Crippen LogP contribution in [0.3, 0.4) is 0 Å². The van der Waals surface area contributed by atoms with Crippen LogP contribution in [-0.4, -0.2) is 43.4 Å². The minimum Gasteiger partial charge on any atom is -0.352 e. The smallest absolute Gasteiger partial charge is 0.312 e. The van der Waals surface area contributed by atoms with Gasteiger partial charge in [-0.1, -0.05) is 27.7 Å². The van der Waals surface area contributed by atoms with Gasteiger partial charge in [0, 0.05) is 12.5 Å². The topological polar surface area (TPSA) is 113 Å². The normalized spacial score (nSPS) is 13.8. The molecule has 0 saturated heterocycles. The predicted molar refractivity (Wildman–Crippen MR) is 86.3 cm³/mol. The molecule has 0 spiro atoms. The fourth-order valence-electron chi connectivity index (χ4n) is 2.23. The van der Waals surface area contributed by atoms with Crippen LogP contribution in [0.1, 0.15) is 40.5 Å². The van der Waals surface area contributed by atoms with E-state index in [1.165, 1.54) is 0 Å². The summed E-state index contributed by atoms with van der Waals surface area (Å²) in [6.07, 6.45) is 1.04. The molecule has 0 bridgehead atoms. The Kier molecular flexibility index (Phi) is 9.40. The van der Waals surface area contributed by atoms with E-state index in [1.54, 1.807) is 20.9 Å². The summed E-state index contributed by atoms with van der Waals surface area (Å²) in [6, 6.07) is -1.48. The number of carbonyl (C=O) groups is 3. The van der Waals surface area contributed by atoms with Crippen LogP contribution in [0.5, 0.6) is 0 Å². The number of nitrogens with two attached hydrogens (primary N) is 1. The van der Waals surface area contributed by atoms with E-state index < -0.39 is 12.1 Å². The third-order valence-corrected chi connectivity index (χ3v) is 3.46. The molecule has 0 fully saturated rings. The first-order valence-corrected chi connectivity index (χ1v) is 7.75. The fraction of sp³-hybridized carbons (Fsp3) is 0.800. The highest BCUT2D eigenvalue weighted by Gasteiger charge is 2.27. The number of primary amides is 1. The second-order valence-corrected chi connectivity index (χ2v) is 6.06. The van der Waals surface area contributed by atoms with Crippen molar-refractivity contribution in [2.75, 3.05) is 13.6 Å². The highest BCUT2D eigenvalue weighted by molar-refractivity contribution is 5.91. The van der Waals surface area contributed by atoms with Crippen LogP contribution >= 0.6 is 0 Å². The number of amides is 3.